The number of fused-ring (bicyclic) bond motifs is 2. The van der Waals surface area contributed by atoms with Gasteiger partial charge in [0.05, 0.1) is 29.3 Å². The first kappa shape index (κ1) is 29.5. The summed E-state index contributed by atoms with van der Waals surface area (Å²) in [5, 5.41) is 11.4. The van der Waals surface area contributed by atoms with Gasteiger partial charge in [-0.1, -0.05) is 49.2 Å². The molecule has 2 amide bonds. The molecule has 0 spiro atoms. The summed E-state index contributed by atoms with van der Waals surface area (Å²) in [4.78, 5) is 43.5. The Kier molecular flexibility index (Phi) is 8.18. The van der Waals surface area contributed by atoms with Gasteiger partial charge in [0.2, 0.25) is 5.91 Å². The third-order valence-electron chi connectivity index (χ3n) is 9.33. The first-order valence-corrected chi connectivity index (χ1v) is 15.2. The maximum Gasteiger partial charge on any atom is 0.307 e. The number of hydrazine groups is 1. The number of carbonyl (C=O) groups is 3. The minimum Gasteiger partial charge on any atom is -0.489 e. The van der Waals surface area contributed by atoms with Crippen molar-refractivity contribution in [2.45, 2.75) is 51.3 Å². The molecule has 3 unspecified atom stereocenters. The standard InChI is InChI=1S/C34H39N5O5/c1-37(36)28-14-13-21(17-27(28)35)20-44-30-12-6-8-22-15-16-39(33(41)25-10-4-5-11-26(25)34(42)43)29(31(22)30)19-38-18-23-7-2-3-9-24(23)32(38)40/h2-3,6-9,12-14,17,25-26,29H,4-5,10-11,15-16,18-20,35-36H2,1H3,(H,42,43). The molecule has 1 saturated carbocycles. The van der Waals surface area contributed by atoms with Crippen LogP contribution in [0.5, 0.6) is 5.75 Å². The monoisotopic (exact) mass is 597 g/mol. The molecule has 0 aromatic heterocycles. The number of rotatable bonds is 8. The number of nitrogens with zero attached hydrogens (tertiary/aromatic N) is 3. The fourth-order valence-corrected chi connectivity index (χ4v) is 7.10. The number of hydrogen-bond acceptors (Lipinski definition) is 7. The van der Waals surface area contributed by atoms with Crippen LogP contribution >= 0.6 is 0 Å². The second-order valence-electron chi connectivity index (χ2n) is 12.1. The van der Waals surface area contributed by atoms with Gasteiger partial charge < -0.3 is 30.4 Å². The zero-order valence-electron chi connectivity index (χ0n) is 24.9. The summed E-state index contributed by atoms with van der Waals surface area (Å²) in [5.74, 6) is 4.07. The minimum atomic E-state index is -0.919. The number of nitrogens with two attached hydrogens (primary N) is 2. The molecule has 6 rings (SSSR count). The molecule has 5 N–H and O–H groups in total. The highest BCUT2D eigenvalue weighted by Gasteiger charge is 2.43. The van der Waals surface area contributed by atoms with Crippen LogP contribution in [0.2, 0.25) is 0 Å². The Bertz CT molecular complexity index is 1590. The van der Waals surface area contributed by atoms with E-state index in [-0.39, 0.29) is 25.0 Å². The van der Waals surface area contributed by atoms with Gasteiger partial charge in [0.25, 0.3) is 5.91 Å². The van der Waals surface area contributed by atoms with Gasteiger partial charge in [-0.15, -0.1) is 0 Å². The van der Waals surface area contributed by atoms with Gasteiger partial charge in [0, 0.05) is 37.8 Å². The van der Waals surface area contributed by atoms with Gasteiger partial charge in [-0.2, -0.15) is 0 Å². The smallest absolute Gasteiger partial charge is 0.307 e. The SMILES string of the molecule is CN(N)c1ccc(COc2cccc3c2C(CN2Cc4ccccc4C2=O)N(C(=O)C2CCCCC2C(=O)O)CC3)cc1N. The Morgan fingerprint density at radius 2 is 1.77 bits per heavy atom. The molecule has 10 heteroatoms. The van der Waals surface area contributed by atoms with E-state index in [1.54, 1.807) is 11.9 Å². The van der Waals surface area contributed by atoms with Gasteiger partial charge in [-0.25, -0.2) is 5.84 Å². The van der Waals surface area contributed by atoms with Crippen LogP contribution in [0, 0.1) is 11.8 Å². The number of nitrogen functional groups attached to an aromatic ring is 1. The molecule has 44 heavy (non-hydrogen) atoms. The molecule has 0 radical (unpaired) electrons. The van der Waals surface area contributed by atoms with E-state index < -0.39 is 23.8 Å². The summed E-state index contributed by atoms with van der Waals surface area (Å²) >= 11 is 0. The number of hydrogen-bond donors (Lipinski definition) is 3. The number of benzene rings is 3. The first-order chi connectivity index (χ1) is 21.2. The summed E-state index contributed by atoms with van der Waals surface area (Å²) in [6, 6.07) is 18.6. The van der Waals surface area contributed by atoms with E-state index in [1.165, 1.54) is 5.01 Å². The lowest BCUT2D eigenvalue weighted by atomic mass is 9.77. The summed E-state index contributed by atoms with van der Waals surface area (Å²) < 4.78 is 6.43. The Morgan fingerprint density at radius 1 is 1.02 bits per heavy atom. The van der Waals surface area contributed by atoms with Crippen molar-refractivity contribution in [3.63, 3.8) is 0 Å². The molecule has 2 heterocycles. The van der Waals surface area contributed by atoms with Crippen LogP contribution in [-0.2, 0) is 29.2 Å². The Labute approximate surface area is 257 Å². The number of aliphatic carboxylic acids is 1. The van der Waals surface area contributed by atoms with Crippen LogP contribution in [0.4, 0.5) is 11.4 Å². The van der Waals surface area contributed by atoms with Crippen LogP contribution in [-0.4, -0.2) is 52.8 Å². The largest absolute Gasteiger partial charge is 0.489 e. The number of ether oxygens (including phenoxy) is 1. The molecule has 1 aliphatic carbocycles. The first-order valence-electron chi connectivity index (χ1n) is 15.2. The van der Waals surface area contributed by atoms with Crippen molar-refractivity contribution in [3.8, 4) is 5.75 Å². The molecule has 0 bridgehead atoms. The van der Waals surface area contributed by atoms with Crippen molar-refractivity contribution in [3.05, 3.63) is 88.5 Å². The molecule has 3 aliphatic rings. The van der Waals surface area contributed by atoms with E-state index >= 15 is 0 Å². The zero-order chi connectivity index (χ0) is 31.0. The fraction of sp³-hybridized carbons (Fsp3) is 0.382. The summed E-state index contributed by atoms with van der Waals surface area (Å²) in [6.45, 7) is 1.42. The number of amides is 2. The van der Waals surface area contributed by atoms with E-state index in [0.29, 0.717) is 55.0 Å². The molecule has 2 aliphatic heterocycles. The lowest BCUT2D eigenvalue weighted by Gasteiger charge is -2.42. The second kappa shape index (κ2) is 12.2. The third-order valence-corrected chi connectivity index (χ3v) is 9.33. The van der Waals surface area contributed by atoms with Crippen LogP contribution < -0.4 is 21.3 Å². The van der Waals surface area contributed by atoms with Crippen molar-refractivity contribution >= 4 is 29.2 Å². The van der Waals surface area contributed by atoms with Gasteiger partial charge in [-0.05, 0) is 60.2 Å². The van der Waals surface area contributed by atoms with Crippen molar-refractivity contribution in [2.24, 2.45) is 17.7 Å². The average molecular weight is 598 g/mol. The zero-order valence-corrected chi connectivity index (χ0v) is 24.9. The summed E-state index contributed by atoms with van der Waals surface area (Å²) in [5.41, 5.74) is 11.9. The van der Waals surface area contributed by atoms with E-state index in [2.05, 4.69) is 0 Å². The highest BCUT2D eigenvalue weighted by atomic mass is 16.5. The maximum absolute atomic E-state index is 14.3. The topological polar surface area (TPSA) is 142 Å². The molecule has 3 aromatic carbocycles. The molecule has 3 aromatic rings. The molecular weight excluding hydrogens is 558 g/mol. The van der Waals surface area contributed by atoms with E-state index in [1.807, 2.05) is 65.6 Å². The number of carboxylic acid groups (broad SMARTS) is 1. The fourth-order valence-electron chi connectivity index (χ4n) is 7.10. The predicted octanol–water partition coefficient (Wildman–Crippen LogP) is 4.13. The average Bonchev–Trinajstić information content (AvgIpc) is 3.34. The molecule has 230 valence electrons. The Balaban J connectivity index is 1.34. The van der Waals surface area contributed by atoms with E-state index in [0.717, 1.165) is 35.1 Å². The highest BCUT2D eigenvalue weighted by molar-refractivity contribution is 5.98. The number of anilines is 2. The summed E-state index contributed by atoms with van der Waals surface area (Å²) in [7, 11) is 1.72. The van der Waals surface area contributed by atoms with Gasteiger partial charge in [-0.3, -0.25) is 14.4 Å². The van der Waals surface area contributed by atoms with E-state index in [9.17, 15) is 19.5 Å². The lowest BCUT2D eigenvalue weighted by molar-refractivity contribution is -0.153. The van der Waals surface area contributed by atoms with Crippen molar-refractivity contribution in [2.75, 3.05) is 30.9 Å². The number of carboxylic acids is 1. The molecule has 1 fully saturated rings. The van der Waals surface area contributed by atoms with Gasteiger partial charge >= 0.3 is 5.97 Å². The van der Waals surface area contributed by atoms with Crippen LogP contribution in [0.15, 0.2) is 60.7 Å². The van der Waals surface area contributed by atoms with Gasteiger partial charge in [0.1, 0.15) is 12.4 Å². The molecule has 3 atom stereocenters. The normalized spacial score (nSPS) is 21.0. The minimum absolute atomic E-state index is 0.0694. The van der Waals surface area contributed by atoms with Crippen LogP contribution in [0.3, 0.4) is 0 Å². The van der Waals surface area contributed by atoms with E-state index in [4.69, 9.17) is 16.3 Å². The molecular formula is C34H39N5O5. The predicted molar refractivity (Wildman–Crippen MR) is 167 cm³/mol. The van der Waals surface area contributed by atoms with Crippen LogP contribution in [0.25, 0.3) is 0 Å². The van der Waals surface area contributed by atoms with Crippen molar-refractivity contribution in [1.82, 2.24) is 9.80 Å². The molecule has 0 saturated heterocycles. The van der Waals surface area contributed by atoms with Gasteiger partial charge in [0.15, 0.2) is 0 Å². The third kappa shape index (κ3) is 5.57. The Morgan fingerprint density at radius 3 is 2.50 bits per heavy atom. The van der Waals surface area contributed by atoms with Crippen molar-refractivity contribution in [1.29, 1.82) is 0 Å². The lowest BCUT2D eigenvalue weighted by Crippen LogP contribution is -2.49. The highest BCUT2D eigenvalue weighted by Crippen LogP contribution is 2.42. The maximum atomic E-state index is 14.3. The summed E-state index contributed by atoms with van der Waals surface area (Å²) in [6.07, 6.45) is 3.28. The Hall–Kier alpha value is -4.57. The quantitative estimate of drug-likeness (QED) is 0.200. The second-order valence-corrected chi connectivity index (χ2v) is 12.1. The van der Waals surface area contributed by atoms with Crippen LogP contribution in [0.1, 0.15) is 64.3 Å². The van der Waals surface area contributed by atoms with Crippen molar-refractivity contribution < 1.29 is 24.2 Å². The molecule has 10 nitrogen and oxygen atoms in total. The number of carbonyl (C=O) groups excluding carboxylic acids is 2.